The van der Waals surface area contributed by atoms with E-state index in [0.29, 0.717) is 17.9 Å². The van der Waals surface area contributed by atoms with Crippen LogP contribution in [0.4, 0.5) is 0 Å². The summed E-state index contributed by atoms with van der Waals surface area (Å²) in [5.41, 5.74) is -0.213. The van der Waals surface area contributed by atoms with Gasteiger partial charge >= 0.3 is 0 Å². The topological polar surface area (TPSA) is 45.1 Å². The van der Waals surface area contributed by atoms with Gasteiger partial charge in [0.15, 0.2) is 5.90 Å². The summed E-state index contributed by atoms with van der Waals surface area (Å²) in [6.45, 7) is 7.18. The van der Waals surface area contributed by atoms with Crippen LogP contribution in [0.15, 0.2) is 17.1 Å². The first-order valence-corrected chi connectivity index (χ1v) is 8.92. The van der Waals surface area contributed by atoms with Crippen LogP contribution in [0.5, 0.6) is 0 Å². The molecule has 1 aliphatic carbocycles. The second-order valence-electron chi connectivity index (χ2n) is 7.20. The van der Waals surface area contributed by atoms with Crippen molar-refractivity contribution in [1.82, 2.24) is 9.80 Å². The summed E-state index contributed by atoms with van der Waals surface area (Å²) in [6.07, 6.45) is 9.23. The van der Waals surface area contributed by atoms with E-state index in [-0.39, 0.29) is 5.66 Å². The van der Waals surface area contributed by atoms with E-state index in [1.807, 2.05) is 0 Å². The average Bonchev–Trinajstić information content (AvgIpc) is 2.93. The fourth-order valence-corrected chi connectivity index (χ4v) is 3.94. The van der Waals surface area contributed by atoms with Crippen LogP contribution in [0.2, 0.25) is 0 Å². The zero-order valence-electron chi connectivity index (χ0n) is 14.6. The Morgan fingerprint density at radius 3 is 2.48 bits per heavy atom. The van der Waals surface area contributed by atoms with E-state index in [2.05, 4.69) is 35.8 Å². The predicted molar refractivity (Wildman–Crippen MR) is 91.3 cm³/mol. The summed E-state index contributed by atoms with van der Waals surface area (Å²) in [6, 6.07) is 0.429. The lowest BCUT2D eigenvalue weighted by molar-refractivity contribution is -0.130. The molecule has 2 saturated heterocycles. The first-order chi connectivity index (χ1) is 11.1. The highest BCUT2D eigenvalue weighted by molar-refractivity contribution is 5.79. The van der Waals surface area contributed by atoms with Gasteiger partial charge in [0.2, 0.25) is 5.91 Å². The molecule has 1 atom stereocenters. The monoisotopic (exact) mass is 319 g/mol. The van der Waals surface area contributed by atoms with Gasteiger partial charge in [-0.2, -0.15) is 0 Å². The Hall–Kier alpha value is -1.36. The maximum absolute atomic E-state index is 11.9. The summed E-state index contributed by atoms with van der Waals surface area (Å²) in [7, 11) is 1.71. The van der Waals surface area contributed by atoms with E-state index in [1.54, 1.807) is 7.11 Å². The number of carbonyl (C=O) groups excluding carboxylic acids is 1. The highest BCUT2D eigenvalue weighted by atomic mass is 16.5. The maximum Gasteiger partial charge on any atom is 0.222 e. The highest BCUT2D eigenvalue weighted by Gasteiger charge is 2.41. The maximum atomic E-state index is 11.9. The molecular formula is C18H29N3O2. The van der Waals surface area contributed by atoms with Gasteiger partial charge in [-0.3, -0.25) is 9.69 Å². The van der Waals surface area contributed by atoms with Crippen molar-refractivity contribution in [3.63, 3.8) is 0 Å². The van der Waals surface area contributed by atoms with Crippen LogP contribution in [0.25, 0.3) is 0 Å². The quantitative estimate of drug-likeness (QED) is 0.454. The largest absolute Gasteiger partial charge is 0.484 e. The Balaban J connectivity index is 1.66. The number of likely N-dealkylation sites (tertiary alicyclic amines) is 2. The zero-order chi connectivity index (χ0) is 16.4. The molecule has 0 aromatic heterocycles. The van der Waals surface area contributed by atoms with Crippen molar-refractivity contribution in [2.45, 2.75) is 57.7 Å². The van der Waals surface area contributed by atoms with Crippen molar-refractivity contribution in [3.05, 3.63) is 12.2 Å². The minimum Gasteiger partial charge on any atom is -0.484 e. The molecule has 1 amide bonds. The molecule has 0 saturated carbocycles. The SMILES string of the molecule is CO/C(=N\C1(N2CCC(N3CCCC3=O)CC2)C=CC1)C(C)C. The van der Waals surface area contributed by atoms with Gasteiger partial charge in [-0.25, -0.2) is 4.99 Å². The van der Waals surface area contributed by atoms with Gasteiger partial charge in [0.05, 0.1) is 7.11 Å². The summed E-state index contributed by atoms with van der Waals surface area (Å²) >= 11 is 0. The van der Waals surface area contributed by atoms with Crippen LogP contribution in [0.1, 0.15) is 46.0 Å². The predicted octanol–water partition coefficient (Wildman–Crippen LogP) is 2.43. The number of ether oxygens (including phenoxy) is 1. The van der Waals surface area contributed by atoms with Crippen molar-refractivity contribution >= 4 is 11.8 Å². The number of methoxy groups -OCH3 is 1. The fourth-order valence-electron chi connectivity index (χ4n) is 3.94. The van der Waals surface area contributed by atoms with E-state index in [4.69, 9.17) is 9.73 Å². The molecule has 0 spiro atoms. The van der Waals surface area contributed by atoms with E-state index in [1.165, 1.54) is 0 Å². The fraction of sp³-hybridized carbons (Fsp3) is 0.778. The second-order valence-corrected chi connectivity index (χ2v) is 7.20. The van der Waals surface area contributed by atoms with Gasteiger partial charge in [0.25, 0.3) is 0 Å². The van der Waals surface area contributed by atoms with Crippen LogP contribution in [0.3, 0.4) is 0 Å². The van der Waals surface area contributed by atoms with E-state index in [9.17, 15) is 4.79 Å². The lowest BCUT2D eigenvalue weighted by Gasteiger charge is -2.47. The van der Waals surface area contributed by atoms with Gasteiger partial charge in [-0.15, -0.1) is 0 Å². The second kappa shape index (κ2) is 6.63. The minimum absolute atomic E-state index is 0.213. The van der Waals surface area contributed by atoms with Crippen LogP contribution in [0, 0.1) is 5.92 Å². The zero-order valence-corrected chi connectivity index (χ0v) is 14.6. The molecule has 5 nitrogen and oxygen atoms in total. The Kier molecular flexibility index (Phi) is 4.76. The Labute approximate surface area is 139 Å². The Morgan fingerprint density at radius 1 is 1.35 bits per heavy atom. The number of piperidine rings is 1. The average molecular weight is 319 g/mol. The number of rotatable bonds is 4. The highest BCUT2D eigenvalue weighted by Crippen LogP contribution is 2.36. The van der Waals surface area contributed by atoms with E-state index in [0.717, 1.165) is 57.6 Å². The molecule has 3 rings (SSSR count). The first-order valence-electron chi connectivity index (χ1n) is 8.92. The van der Waals surface area contributed by atoms with Crippen LogP contribution in [-0.4, -0.2) is 60.1 Å². The molecular weight excluding hydrogens is 290 g/mol. The van der Waals surface area contributed by atoms with Crippen molar-refractivity contribution in [2.75, 3.05) is 26.7 Å². The van der Waals surface area contributed by atoms with E-state index < -0.39 is 0 Å². The molecule has 0 N–H and O–H groups in total. The number of hydrogen-bond acceptors (Lipinski definition) is 4. The molecule has 0 aromatic carbocycles. The molecule has 2 heterocycles. The normalized spacial score (nSPS) is 30.2. The van der Waals surface area contributed by atoms with Gasteiger partial charge < -0.3 is 9.64 Å². The number of aliphatic imine (C=N–C) groups is 1. The number of carbonyl (C=O) groups is 1. The summed E-state index contributed by atoms with van der Waals surface area (Å²) in [4.78, 5) is 21.5. The standard InChI is InChI=1S/C18H29N3O2/c1-14(2)17(23-3)19-18(9-5-10-18)20-12-7-15(8-13-20)21-11-4-6-16(21)22/h5,9,14-15H,4,6-8,10-13H2,1-3H3/b19-17-. The third-order valence-electron chi connectivity index (χ3n) is 5.37. The molecule has 2 fully saturated rings. The molecule has 0 aromatic rings. The molecule has 0 bridgehead atoms. The first kappa shape index (κ1) is 16.5. The minimum atomic E-state index is -0.213. The van der Waals surface area contributed by atoms with Crippen molar-refractivity contribution in [2.24, 2.45) is 10.9 Å². The molecule has 3 aliphatic rings. The van der Waals surface area contributed by atoms with E-state index >= 15 is 0 Å². The third kappa shape index (κ3) is 3.16. The Bertz CT molecular complexity index is 506. The van der Waals surface area contributed by atoms with Crippen LogP contribution in [-0.2, 0) is 9.53 Å². The molecule has 23 heavy (non-hydrogen) atoms. The van der Waals surface area contributed by atoms with Gasteiger partial charge in [0.1, 0.15) is 5.66 Å². The summed E-state index contributed by atoms with van der Waals surface area (Å²) in [5, 5.41) is 0. The molecule has 128 valence electrons. The van der Waals surface area contributed by atoms with Crippen molar-refractivity contribution < 1.29 is 9.53 Å². The number of nitrogens with zero attached hydrogens (tertiary/aromatic N) is 3. The lowest BCUT2D eigenvalue weighted by Crippen LogP contribution is -2.55. The van der Waals surface area contributed by atoms with Crippen LogP contribution < -0.4 is 0 Å². The lowest BCUT2D eigenvalue weighted by atomic mass is 9.90. The molecule has 2 aliphatic heterocycles. The smallest absolute Gasteiger partial charge is 0.222 e. The molecule has 0 radical (unpaired) electrons. The summed E-state index contributed by atoms with van der Waals surface area (Å²) in [5.74, 6) is 1.47. The third-order valence-corrected chi connectivity index (χ3v) is 5.37. The van der Waals surface area contributed by atoms with Gasteiger partial charge in [-0.1, -0.05) is 19.9 Å². The number of hydrogen-bond donors (Lipinski definition) is 0. The Morgan fingerprint density at radius 2 is 2.04 bits per heavy atom. The number of amides is 1. The summed E-state index contributed by atoms with van der Waals surface area (Å²) < 4.78 is 5.49. The van der Waals surface area contributed by atoms with Gasteiger partial charge in [-0.05, 0) is 25.3 Å². The van der Waals surface area contributed by atoms with Crippen molar-refractivity contribution in [1.29, 1.82) is 0 Å². The van der Waals surface area contributed by atoms with Crippen LogP contribution >= 0.6 is 0 Å². The van der Waals surface area contributed by atoms with Crippen molar-refractivity contribution in [3.8, 4) is 0 Å². The molecule has 1 unspecified atom stereocenters. The van der Waals surface area contributed by atoms with Gasteiger partial charge in [0, 0.05) is 44.4 Å². The molecule has 5 heteroatoms.